The third-order valence-corrected chi connectivity index (χ3v) is 3.57. The summed E-state index contributed by atoms with van der Waals surface area (Å²) >= 11 is 1.51. The molecule has 1 aromatic heterocycles. The summed E-state index contributed by atoms with van der Waals surface area (Å²) in [5, 5.41) is 1.96. The number of nitrogens with two attached hydrogens (primary N) is 1. The number of carbonyl (C=O) groups is 1. The first-order valence-electron chi connectivity index (χ1n) is 4.77. The lowest BCUT2D eigenvalue weighted by Crippen LogP contribution is -2.31. The molecule has 0 bridgehead atoms. The van der Waals surface area contributed by atoms with Crippen molar-refractivity contribution in [3.05, 3.63) is 21.9 Å². The van der Waals surface area contributed by atoms with Gasteiger partial charge in [0.15, 0.2) is 0 Å². The van der Waals surface area contributed by atoms with Gasteiger partial charge < -0.3 is 10.6 Å². The quantitative estimate of drug-likeness (QED) is 0.819. The van der Waals surface area contributed by atoms with Crippen molar-refractivity contribution < 1.29 is 4.79 Å². The van der Waals surface area contributed by atoms with Crippen molar-refractivity contribution in [2.45, 2.75) is 19.4 Å². The third kappa shape index (κ3) is 2.51. The molecule has 0 spiro atoms. The van der Waals surface area contributed by atoms with Gasteiger partial charge in [0.05, 0.1) is 4.88 Å². The summed E-state index contributed by atoms with van der Waals surface area (Å²) in [6, 6.07) is 2.15. The van der Waals surface area contributed by atoms with Crippen molar-refractivity contribution in [3.8, 4) is 0 Å². The van der Waals surface area contributed by atoms with E-state index in [1.54, 1.807) is 0 Å². The van der Waals surface area contributed by atoms with Crippen molar-refractivity contribution >= 4 is 29.7 Å². The highest BCUT2D eigenvalue weighted by atomic mass is 35.5. The normalized spacial score (nSPS) is 20.1. The third-order valence-electron chi connectivity index (χ3n) is 2.57. The molecule has 15 heavy (non-hydrogen) atoms. The minimum Gasteiger partial charge on any atom is -0.336 e. The van der Waals surface area contributed by atoms with Gasteiger partial charge in [-0.1, -0.05) is 0 Å². The van der Waals surface area contributed by atoms with E-state index in [0.717, 1.165) is 23.4 Å². The molecule has 1 atom stereocenters. The number of carbonyl (C=O) groups excluding carboxylic acids is 1. The lowest BCUT2D eigenvalue weighted by molar-refractivity contribution is 0.0795. The van der Waals surface area contributed by atoms with Crippen LogP contribution in [0.3, 0.4) is 0 Å². The smallest absolute Gasteiger partial charge is 0.264 e. The van der Waals surface area contributed by atoms with E-state index in [-0.39, 0.29) is 24.4 Å². The number of thiophene rings is 1. The molecule has 1 saturated heterocycles. The first-order valence-corrected chi connectivity index (χ1v) is 5.65. The Morgan fingerprint density at radius 3 is 2.87 bits per heavy atom. The second-order valence-corrected chi connectivity index (χ2v) is 4.65. The molecule has 1 aliphatic heterocycles. The first kappa shape index (κ1) is 12.5. The molecule has 1 amide bonds. The van der Waals surface area contributed by atoms with Crippen LogP contribution in [0.15, 0.2) is 11.4 Å². The molecule has 1 aliphatic rings. The van der Waals surface area contributed by atoms with Crippen molar-refractivity contribution in [2.24, 2.45) is 5.73 Å². The largest absolute Gasteiger partial charge is 0.336 e. The van der Waals surface area contributed by atoms with Crippen molar-refractivity contribution in [1.82, 2.24) is 4.90 Å². The van der Waals surface area contributed by atoms with Crippen LogP contribution >= 0.6 is 23.7 Å². The Labute approximate surface area is 99.7 Å². The van der Waals surface area contributed by atoms with Gasteiger partial charge in [0.1, 0.15) is 0 Å². The first-order chi connectivity index (χ1) is 6.68. The summed E-state index contributed by atoms with van der Waals surface area (Å²) in [6.45, 7) is 3.48. The minimum atomic E-state index is 0. The highest BCUT2D eigenvalue weighted by Crippen LogP contribution is 2.20. The van der Waals surface area contributed by atoms with E-state index in [1.807, 2.05) is 23.3 Å². The number of hydrogen-bond donors (Lipinski definition) is 1. The molecule has 84 valence electrons. The molecule has 3 nitrogen and oxygen atoms in total. The average molecular weight is 247 g/mol. The summed E-state index contributed by atoms with van der Waals surface area (Å²) in [5.74, 6) is 0.144. The number of hydrogen-bond acceptors (Lipinski definition) is 3. The molecule has 0 radical (unpaired) electrons. The van der Waals surface area contributed by atoms with E-state index in [4.69, 9.17) is 5.73 Å². The molecule has 2 N–H and O–H groups in total. The van der Waals surface area contributed by atoms with E-state index in [1.165, 1.54) is 11.3 Å². The van der Waals surface area contributed by atoms with Crippen molar-refractivity contribution in [1.29, 1.82) is 0 Å². The summed E-state index contributed by atoms with van der Waals surface area (Å²) in [4.78, 5) is 14.7. The number of likely N-dealkylation sites (tertiary alicyclic amines) is 1. The Morgan fingerprint density at radius 2 is 2.40 bits per heavy atom. The summed E-state index contributed by atoms with van der Waals surface area (Å²) in [5.41, 5.74) is 6.83. The van der Waals surface area contributed by atoms with Gasteiger partial charge in [-0.2, -0.15) is 0 Å². The Kier molecular flexibility index (Phi) is 4.13. The van der Waals surface area contributed by atoms with Crippen LogP contribution in [-0.2, 0) is 0 Å². The summed E-state index contributed by atoms with van der Waals surface area (Å²) < 4.78 is 0. The Morgan fingerprint density at radius 1 is 1.67 bits per heavy atom. The predicted octanol–water partition coefficient (Wildman–Crippen LogP) is 1.65. The molecule has 1 aromatic rings. The number of nitrogens with zero attached hydrogens (tertiary/aromatic N) is 1. The molecule has 0 saturated carbocycles. The van der Waals surface area contributed by atoms with Gasteiger partial charge in [0.25, 0.3) is 5.91 Å². The molecular weight excluding hydrogens is 232 g/mol. The second-order valence-electron chi connectivity index (χ2n) is 3.73. The zero-order valence-corrected chi connectivity index (χ0v) is 10.2. The van der Waals surface area contributed by atoms with E-state index < -0.39 is 0 Å². The summed E-state index contributed by atoms with van der Waals surface area (Å²) in [7, 11) is 0. The number of amides is 1. The van der Waals surface area contributed by atoms with Gasteiger partial charge in [0, 0.05) is 19.1 Å². The van der Waals surface area contributed by atoms with E-state index in [2.05, 4.69) is 0 Å². The highest BCUT2D eigenvalue weighted by Gasteiger charge is 2.25. The summed E-state index contributed by atoms with van der Waals surface area (Å²) in [6.07, 6.45) is 0.927. The Balaban J connectivity index is 0.00000112. The fraction of sp³-hybridized carbons (Fsp3) is 0.500. The van der Waals surface area contributed by atoms with Gasteiger partial charge in [-0.3, -0.25) is 4.79 Å². The van der Waals surface area contributed by atoms with Crippen LogP contribution in [-0.4, -0.2) is 29.9 Å². The lowest BCUT2D eigenvalue weighted by Gasteiger charge is -2.14. The predicted molar refractivity (Wildman–Crippen MR) is 64.8 cm³/mol. The second kappa shape index (κ2) is 4.96. The Bertz CT molecular complexity index is 353. The molecule has 0 aromatic carbocycles. The maximum Gasteiger partial charge on any atom is 0.264 e. The van der Waals surface area contributed by atoms with Gasteiger partial charge in [-0.05, 0) is 30.4 Å². The maximum absolute atomic E-state index is 12.0. The number of rotatable bonds is 1. The fourth-order valence-electron chi connectivity index (χ4n) is 1.71. The monoisotopic (exact) mass is 246 g/mol. The number of halogens is 1. The highest BCUT2D eigenvalue weighted by molar-refractivity contribution is 7.12. The Hall–Kier alpha value is -0.580. The lowest BCUT2D eigenvalue weighted by atomic mass is 10.3. The molecule has 2 rings (SSSR count). The fourth-order valence-corrected chi connectivity index (χ4v) is 2.60. The van der Waals surface area contributed by atoms with Crippen LogP contribution in [0.1, 0.15) is 21.7 Å². The van der Waals surface area contributed by atoms with Crippen LogP contribution in [0.5, 0.6) is 0 Å². The zero-order valence-electron chi connectivity index (χ0n) is 8.60. The molecular formula is C10H15ClN2OS. The SMILES string of the molecule is Cc1ccsc1C(=O)N1CC[C@H](N)C1.Cl. The van der Waals surface area contributed by atoms with Gasteiger partial charge in [-0.15, -0.1) is 23.7 Å². The van der Waals surface area contributed by atoms with Crippen molar-refractivity contribution in [2.75, 3.05) is 13.1 Å². The molecule has 2 heterocycles. The van der Waals surface area contributed by atoms with E-state index >= 15 is 0 Å². The minimum absolute atomic E-state index is 0. The number of aryl methyl sites for hydroxylation is 1. The van der Waals surface area contributed by atoms with Crippen LogP contribution in [0.2, 0.25) is 0 Å². The molecule has 1 fully saturated rings. The molecule has 5 heteroatoms. The molecule has 0 unspecified atom stereocenters. The standard InChI is InChI=1S/C10H14N2OS.ClH/c1-7-3-5-14-9(7)10(13)12-4-2-8(11)6-12;/h3,5,8H,2,4,6,11H2,1H3;1H/t8-;/m0./s1. The van der Waals surface area contributed by atoms with Crippen LogP contribution in [0, 0.1) is 6.92 Å². The van der Waals surface area contributed by atoms with E-state index in [9.17, 15) is 4.79 Å². The van der Waals surface area contributed by atoms with Gasteiger partial charge >= 0.3 is 0 Å². The maximum atomic E-state index is 12.0. The van der Waals surface area contributed by atoms with Crippen LogP contribution in [0.25, 0.3) is 0 Å². The van der Waals surface area contributed by atoms with E-state index in [0.29, 0.717) is 6.54 Å². The van der Waals surface area contributed by atoms with Gasteiger partial charge in [-0.25, -0.2) is 0 Å². The van der Waals surface area contributed by atoms with Crippen LogP contribution < -0.4 is 5.73 Å². The topological polar surface area (TPSA) is 46.3 Å². The molecule has 0 aliphatic carbocycles. The zero-order chi connectivity index (χ0) is 10.1. The van der Waals surface area contributed by atoms with Crippen LogP contribution in [0.4, 0.5) is 0 Å². The average Bonchev–Trinajstić information content (AvgIpc) is 2.73. The van der Waals surface area contributed by atoms with Crippen molar-refractivity contribution in [3.63, 3.8) is 0 Å². The van der Waals surface area contributed by atoms with Gasteiger partial charge in [0.2, 0.25) is 0 Å².